The van der Waals surface area contributed by atoms with Crippen LogP contribution in [0.1, 0.15) is 24.5 Å². The Kier molecular flexibility index (Phi) is 4.54. The Labute approximate surface area is 103 Å². The lowest BCUT2D eigenvalue weighted by atomic mass is 9.93. The van der Waals surface area contributed by atoms with Crippen molar-refractivity contribution in [3.8, 4) is 0 Å². The lowest BCUT2D eigenvalue weighted by Crippen LogP contribution is -2.42. The number of rotatable bonds is 5. The van der Waals surface area contributed by atoms with Crippen LogP contribution in [0.5, 0.6) is 0 Å². The maximum Gasteiger partial charge on any atom is 0.0510 e. The van der Waals surface area contributed by atoms with Crippen molar-refractivity contribution in [1.29, 1.82) is 0 Å². The van der Waals surface area contributed by atoms with Crippen molar-refractivity contribution in [2.75, 3.05) is 13.2 Å². The SMILES string of the molecule is CCc1ccc(CC(NN)C2CCOC2)cc1. The lowest BCUT2D eigenvalue weighted by molar-refractivity contribution is 0.176. The predicted molar refractivity (Wildman–Crippen MR) is 69.6 cm³/mol. The number of benzene rings is 1. The topological polar surface area (TPSA) is 47.3 Å². The van der Waals surface area contributed by atoms with Crippen molar-refractivity contribution in [2.45, 2.75) is 32.2 Å². The molecule has 1 saturated heterocycles. The molecule has 2 atom stereocenters. The van der Waals surface area contributed by atoms with E-state index < -0.39 is 0 Å². The minimum Gasteiger partial charge on any atom is -0.381 e. The highest BCUT2D eigenvalue weighted by Crippen LogP contribution is 2.19. The third kappa shape index (κ3) is 3.28. The molecule has 1 aliphatic heterocycles. The van der Waals surface area contributed by atoms with Gasteiger partial charge in [0.15, 0.2) is 0 Å². The van der Waals surface area contributed by atoms with E-state index in [9.17, 15) is 0 Å². The maximum absolute atomic E-state index is 5.65. The maximum atomic E-state index is 5.65. The first kappa shape index (κ1) is 12.6. The van der Waals surface area contributed by atoms with E-state index in [0.717, 1.165) is 32.5 Å². The summed E-state index contributed by atoms with van der Waals surface area (Å²) in [6.07, 6.45) is 3.19. The average Bonchev–Trinajstić information content (AvgIpc) is 2.90. The van der Waals surface area contributed by atoms with Crippen LogP contribution in [-0.2, 0) is 17.6 Å². The molecule has 0 saturated carbocycles. The molecule has 3 nitrogen and oxygen atoms in total. The fourth-order valence-corrected chi connectivity index (χ4v) is 2.40. The summed E-state index contributed by atoms with van der Waals surface area (Å²) in [6.45, 7) is 3.88. The summed E-state index contributed by atoms with van der Waals surface area (Å²) < 4.78 is 5.42. The van der Waals surface area contributed by atoms with Gasteiger partial charge in [0.1, 0.15) is 0 Å². The Balaban J connectivity index is 1.96. The van der Waals surface area contributed by atoms with E-state index in [2.05, 4.69) is 36.6 Å². The average molecular weight is 234 g/mol. The summed E-state index contributed by atoms with van der Waals surface area (Å²) in [7, 11) is 0. The zero-order valence-corrected chi connectivity index (χ0v) is 10.5. The highest BCUT2D eigenvalue weighted by Gasteiger charge is 2.24. The van der Waals surface area contributed by atoms with Gasteiger partial charge < -0.3 is 4.74 Å². The first-order valence-corrected chi connectivity index (χ1v) is 6.45. The normalized spacial score (nSPS) is 21.6. The Morgan fingerprint density at radius 1 is 1.35 bits per heavy atom. The smallest absolute Gasteiger partial charge is 0.0510 e. The standard InChI is InChI=1S/C14H22N2O/c1-2-11-3-5-12(6-4-11)9-14(16-15)13-7-8-17-10-13/h3-6,13-14,16H,2,7-10,15H2,1H3. The second kappa shape index (κ2) is 6.15. The van der Waals surface area contributed by atoms with Crippen LogP contribution in [0.15, 0.2) is 24.3 Å². The van der Waals surface area contributed by atoms with Gasteiger partial charge in [-0.05, 0) is 30.4 Å². The van der Waals surface area contributed by atoms with Gasteiger partial charge in [-0.25, -0.2) is 0 Å². The van der Waals surface area contributed by atoms with Crippen LogP contribution in [0.3, 0.4) is 0 Å². The zero-order chi connectivity index (χ0) is 12.1. The van der Waals surface area contributed by atoms with Gasteiger partial charge in [0, 0.05) is 18.6 Å². The van der Waals surface area contributed by atoms with Crippen LogP contribution < -0.4 is 11.3 Å². The molecule has 0 amide bonds. The summed E-state index contributed by atoms with van der Waals surface area (Å²) in [5, 5.41) is 0. The van der Waals surface area contributed by atoms with E-state index in [1.807, 2.05) is 0 Å². The van der Waals surface area contributed by atoms with Gasteiger partial charge in [0.2, 0.25) is 0 Å². The van der Waals surface area contributed by atoms with Gasteiger partial charge >= 0.3 is 0 Å². The number of hydrogen-bond donors (Lipinski definition) is 2. The highest BCUT2D eigenvalue weighted by atomic mass is 16.5. The van der Waals surface area contributed by atoms with Crippen LogP contribution in [-0.4, -0.2) is 19.3 Å². The number of nitrogens with one attached hydrogen (secondary N) is 1. The number of aryl methyl sites for hydroxylation is 1. The summed E-state index contributed by atoms with van der Waals surface area (Å²) >= 11 is 0. The molecule has 1 fully saturated rings. The second-order valence-electron chi connectivity index (χ2n) is 4.77. The largest absolute Gasteiger partial charge is 0.381 e. The van der Waals surface area contributed by atoms with E-state index in [4.69, 9.17) is 10.6 Å². The third-order valence-corrected chi connectivity index (χ3v) is 3.63. The van der Waals surface area contributed by atoms with E-state index in [-0.39, 0.29) is 0 Å². The molecule has 0 bridgehead atoms. The Morgan fingerprint density at radius 3 is 2.59 bits per heavy atom. The molecular weight excluding hydrogens is 212 g/mol. The summed E-state index contributed by atoms with van der Waals surface area (Å²) in [5.41, 5.74) is 5.67. The van der Waals surface area contributed by atoms with Gasteiger partial charge in [-0.2, -0.15) is 0 Å². The quantitative estimate of drug-likeness (QED) is 0.601. The van der Waals surface area contributed by atoms with Crippen molar-refractivity contribution in [1.82, 2.24) is 5.43 Å². The van der Waals surface area contributed by atoms with E-state index in [1.54, 1.807) is 0 Å². The minimum atomic E-state index is 0.324. The molecule has 1 aliphatic rings. The first-order chi connectivity index (χ1) is 8.33. The first-order valence-electron chi connectivity index (χ1n) is 6.45. The van der Waals surface area contributed by atoms with Crippen molar-refractivity contribution in [3.05, 3.63) is 35.4 Å². The van der Waals surface area contributed by atoms with Crippen molar-refractivity contribution >= 4 is 0 Å². The van der Waals surface area contributed by atoms with E-state index >= 15 is 0 Å². The van der Waals surface area contributed by atoms with Crippen molar-refractivity contribution < 1.29 is 4.74 Å². The van der Waals surface area contributed by atoms with Crippen LogP contribution in [0.4, 0.5) is 0 Å². The Hall–Kier alpha value is -0.900. The number of ether oxygens (including phenoxy) is 1. The molecule has 0 spiro atoms. The van der Waals surface area contributed by atoms with Gasteiger partial charge in [-0.1, -0.05) is 31.2 Å². The fraction of sp³-hybridized carbons (Fsp3) is 0.571. The molecule has 3 heteroatoms. The number of nitrogens with two attached hydrogens (primary N) is 1. The van der Waals surface area contributed by atoms with Crippen molar-refractivity contribution in [3.63, 3.8) is 0 Å². The van der Waals surface area contributed by atoms with Crippen LogP contribution in [0.25, 0.3) is 0 Å². The molecule has 17 heavy (non-hydrogen) atoms. The van der Waals surface area contributed by atoms with Gasteiger partial charge in [-0.3, -0.25) is 11.3 Å². The van der Waals surface area contributed by atoms with Crippen LogP contribution in [0.2, 0.25) is 0 Å². The van der Waals surface area contributed by atoms with Crippen LogP contribution >= 0.6 is 0 Å². The Bertz CT molecular complexity index is 331. The predicted octanol–water partition coefficient (Wildman–Crippen LogP) is 1.66. The van der Waals surface area contributed by atoms with E-state index in [1.165, 1.54) is 11.1 Å². The molecule has 0 radical (unpaired) electrons. The minimum absolute atomic E-state index is 0.324. The second-order valence-corrected chi connectivity index (χ2v) is 4.77. The Morgan fingerprint density at radius 2 is 2.06 bits per heavy atom. The van der Waals surface area contributed by atoms with Gasteiger partial charge in [0.05, 0.1) is 6.61 Å². The molecule has 94 valence electrons. The molecule has 2 rings (SSSR count). The summed E-state index contributed by atoms with van der Waals surface area (Å²) in [4.78, 5) is 0. The molecular formula is C14H22N2O. The summed E-state index contributed by atoms with van der Waals surface area (Å²) in [5.74, 6) is 6.20. The third-order valence-electron chi connectivity index (χ3n) is 3.63. The molecule has 1 aromatic carbocycles. The van der Waals surface area contributed by atoms with Gasteiger partial charge in [-0.15, -0.1) is 0 Å². The lowest BCUT2D eigenvalue weighted by Gasteiger charge is -2.21. The number of hydrazine groups is 1. The summed E-state index contributed by atoms with van der Waals surface area (Å²) in [6, 6.07) is 9.14. The molecule has 1 aromatic rings. The molecule has 2 unspecified atom stereocenters. The molecule has 1 heterocycles. The monoisotopic (exact) mass is 234 g/mol. The van der Waals surface area contributed by atoms with Crippen LogP contribution in [0, 0.1) is 5.92 Å². The zero-order valence-electron chi connectivity index (χ0n) is 10.5. The molecule has 0 aromatic heterocycles. The number of hydrogen-bond acceptors (Lipinski definition) is 3. The highest BCUT2D eigenvalue weighted by molar-refractivity contribution is 5.23. The van der Waals surface area contributed by atoms with Crippen molar-refractivity contribution in [2.24, 2.45) is 11.8 Å². The molecule has 0 aliphatic carbocycles. The van der Waals surface area contributed by atoms with E-state index in [0.29, 0.717) is 12.0 Å². The van der Waals surface area contributed by atoms with Gasteiger partial charge in [0.25, 0.3) is 0 Å². The molecule has 3 N–H and O–H groups in total. The fourth-order valence-electron chi connectivity index (χ4n) is 2.40.